The smallest absolute Gasteiger partial charge is 0.303 e. The summed E-state index contributed by atoms with van der Waals surface area (Å²) in [5, 5.41) is 10.3. The van der Waals surface area contributed by atoms with Gasteiger partial charge in [-0.2, -0.15) is 0 Å². The number of hydrogen-bond donors (Lipinski definition) is 1. The van der Waals surface area contributed by atoms with Crippen molar-refractivity contribution in [2.45, 2.75) is 110 Å². The number of aliphatic hydroxyl groups is 1. The molecule has 6 unspecified atom stereocenters. The predicted octanol–water partition coefficient (Wildman–Crippen LogP) is 5.09. The number of hydrogen-bond acceptors (Lipinski definition) is 7. The molecule has 2 heterocycles. The second-order valence-electron chi connectivity index (χ2n) is 11.0. The Labute approximate surface area is 215 Å². The van der Waals surface area contributed by atoms with Gasteiger partial charge >= 0.3 is 11.9 Å². The zero-order valence-electron chi connectivity index (χ0n) is 22.8. The highest BCUT2D eigenvalue weighted by Gasteiger charge is 2.53. The number of fused-ring (bicyclic) bond motifs is 1. The fourth-order valence-electron chi connectivity index (χ4n) is 5.69. The molecule has 3 aliphatic rings. The molecule has 200 valence electrons. The summed E-state index contributed by atoms with van der Waals surface area (Å²) in [6.45, 7) is 12.7. The highest BCUT2D eigenvalue weighted by molar-refractivity contribution is 5.67. The lowest BCUT2D eigenvalue weighted by atomic mass is 9.76. The van der Waals surface area contributed by atoms with Gasteiger partial charge in [0.25, 0.3) is 0 Å². The van der Waals surface area contributed by atoms with Crippen molar-refractivity contribution in [2.24, 2.45) is 5.92 Å². The first-order valence-electron chi connectivity index (χ1n) is 12.9. The van der Waals surface area contributed by atoms with Gasteiger partial charge in [0.15, 0.2) is 5.79 Å². The van der Waals surface area contributed by atoms with Crippen LogP contribution in [0.2, 0.25) is 0 Å². The van der Waals surface area contributed by atoms with Gasteiger partial charge in [0, 0.05) is 32.6 Å². The minimum Gasteiger partial charge on any atom is -0.459 e. The Bertz CT molecular complexity index is 970. The van der Waals surface area contributed by atoms with E-state index < -0.39 is 11.4 Å². The lowest BCUT2D eigenvalue weighted by Crippen LogP contribution is -2.57. The SMILES string of the molecule is CC(=O)OC1CC2C(CO)=CC3(CC(C)(OC(C)=O)CC(C=C(C)CCC=C(C)C)O3)OC2C=C1C. The van der Waals surface area contributed by atoms with Crippen LogP contribution in [0.15, 0.2) is 46.6 Å². The summed E-state index contributed by atoms with van der Waals surface area (Å²) >= 11 is 0. The molecule has 1 spiro atoms. The summed E-state index contributed by atoms with van der Waals surface area (Å²) in [4.78, 5) is 23.6. The summed E-state index contributed by atoms with van der Waals surface area (Å²) in [7, 11) is 0. The van der Waals surface area contributed by atoms with E-state index in [2.05, 4.69) is 32.9 Å². The van der Waals surface area contributed by atoms with Gasteiger partial charge in [-0.25, -0.2) is 0 Å². The molecule has 0 aromatic heterocycles. The molecule has 0 radical (unpaired) electrons. The largest absolute Gasteiger partial charge is 0.459 e. The Morgan fingerprint density at radius 1 is 1.17 bits per heavy atom. The number of carbonyl (C=O) groups is 2. The molecule has 7 heteroatoms. The van der Waals surface area contributed by atoms with Crippen LogP contribution < -0.4 is 0 Å². The maximum Gasteiger partial charge on any atom is 0.303 e. The molecular weight excluding hydrogens is 460 g/mol. The molecular formula is C29H42O7. The van der Waals surface area contributed by atoms with Crippen molar-refractivity contribution in [3.8, 4) is 0 Å². The van der Waals surface area contributed by atoms with Gasteiger partial charge < -0.3 is 24.1 Å². The van der Waals surface area contributed by atoms with Crippen molar-refractivity contribution < 1.29 is 33.6 Å². The third-order valence-electron chi connectivity index (χ3n) is 7.06. The van der Waals surface area contributed by atoms with Gasteiger partial charge in [-0.15, -0.1) is 0 Å². The van der Waals surface area contributed by atoms with Gasteiger partial charge in [0.05, 0.1) is 18.8 Å². The third kappa shape index (κ3) is 7.17. The summed E-state index contributed by atoms with van der Waals surface area (Å²) in [6, 6.07) is 0. The Balaban J connectivity index is 1.93. The molecule has 2 aliphatic heterocycles. The molecule has 7 nitrogen and oxygen atoms in total. The van der Waals surface area contributed by atoms with Crippen LogP contribution in [0.5, 0.6) is 0 Å². The van der Waals surface area contributed by atoms with Crippen LogP contribution in [0.4, 0.5) is 0 Å². The number of rotatable bonds is 7. The van der Waals surface area contributed by atoms with Crippen molar-refractivity contribution in [3.63, 3.8) is 0 Å². The van der Waals surface area contributed by atoms with Crippen molar-refractivity contribution in [1.82, 2.24) is 0 Å². The Hall–Kier alpha value is -2.22. The molecule has 0 aromatic rings. The maximum absolute atomic E-state index is 12.0. The van der Waals surface area contributed by atoms with E-state index >= 15 is 0 Å². The summed E-state index contributed by atoms with van der Waals surface area (Å²) in [6.07, 6.45) is 10.3. The van der Waals surface area contributed by atoms with Crippen LogP contribution in [0, 0.1) is 5.92 Å². The van der Waals surface area contributed by atoms with Crippen molar-refractivity contribution in [3.05, 3.63) is 46.6 Å². The number of aliphatic hydroxyl groups excluding tert-OH is 1. The topological polar surface area (TPSA) is 91.3 Å². The second-order valence-corrected chi connectivity index (χ2v) is 11.0. The van der Waals surface area contributed by atoms with E-state index in [-0.39, 0.29) is 42.8 Å². The fourth-order valence-corrected chi connectivity index (χ4v) is 5.69. The highest BCUT2D eigenvalue weighted by atomic mass is 16.7. The van der Waals surface area contributed by atoms with Gasteiger partial charge in [-0.05, 0) is 71.1 Å². The van der Waals surface area contributed by atoms with Crippen LogP contribution in [0.25, 0.3) is 0 Å². The van der Waals surface area contributed by atoms with E-state index in [0.29, 0.717) is 19.3 Å². The van der Waals surface area contributed by atoms with Crippen LogP contribution in [0.1, 0.15) is 80.6 Å². The maximum atomic E-state index is 12.0. The predicted molar refractivity (Wildman–Crippen MR) is 137 cm³/mol. The summed E-state index contributed by atoms with van der Waals surface area (Å²) in [5.74, 6) is -1.99. The average Bonchev–Trinajstić information content (AvgIpc) is 2.71. The van der Waals surface area contributed by atoms with Gasteiger partial charge in [-0.1, -0.05) is 29.4 Å². The summed E-state index contributed by atoms with van der Waals surface area (Å²) in [5.41, 5.74) is 3.37. The Kier molecular flexibility index (Phi) is 9.02. The molecule has 36 heavy (non-hydrogen) atoms. The molecule has 0 saturated carbocycles. The number of allylic oxidation sites excluding steroid dienone is 3. The second kappa shape index (κ2) is 11.4. The normalized spacial score (nSPS) is 34.3. The van der Waals surface area contributed by atoms with E-state index in [1.165, 1.54) is 25.0 Å². The van der Waals surface area contributed by atoms with Crippen molar-refractivity contribution >= 4 is 11.9 Å². The number of ether oxygens (including phenoxy) is 4. The van der Waals surface area contributed by atoms with E-state index in [4.69, 9.17) is 18.9 Å². The quantitative estimate of drug-likeness (QED) is 0.383. The molecule has 3 rings (SSSR count). The minimum absolute atomic E-state index is 0.140. The lowest BCUT2D eigenvalue weighted by molar-refractivity contribution is -0.298. The zero-order chi connectivity index (χ0) is 26.7. The fraction of sp³-hybridized carbons (Fsp3) is 0.655. The van der Waals surface area contributed by atoms with E-state index in [9.17, 15) is 14.7 Å². The lowest BCUT2D eigenvalue weighted by Gasteiger charge is -2.51. The minimum atomic E-state index is -1.16. The zero-order valence-corrected chi connectivity index (χ0v) is 22.8. The number of esters is 2. The van der Waals surface area contributed by atoms with Crippen LogP contribution in [-0.4, -0.2) is 53.4 Å². The third-order valence-corrected chi connectivity index (χ3v) is 7.06. The molecule has 1 saturated heterocycles. The first-order valence-corrected chi connectivity index (χ1v) is 12.9. The monoisotopic (exact) mass is 502 g/mol. The van der Waals surface area contributed by atoms with E-state index in [1.54, 1.807) is 0 Å². The molecule has 0 aromatic carbocycles. The molecule has 0 amide bonds. The van der Waals surface area contributed by atoms with Crippen LogP contribution in [0.3, 0.4) is 0 Å². The Morgan fingerprint density at radius 2 is 1.89 bits per heavy atom. The number of carbonyl (C=O) groups excluding carboxylic acids is 2. The standard InChI is InChI=1S/C29H42O7/c1-18(2)9-8-10-19(3)11-24-15-28(7,34-22(6)32)17-29(35-24)14-23(16-30)25-13-26(33-21(5)31)20(4)12-27(25)36-29/h9,11-12,14,24-27,30H,8,10,13,15-17H2,1-7H3. The highest BCUT2D eigenvalue weighted by Crippen LogP contribution is 2.48. The molecule has 1 N–H and O–H groups in total. The van der Waals surface area contributed by atoms with E-state index in [1.807, 2.05) is 26.0 Å². The van der Waals surface area contributed by atoms with E-state index in [0.717, 1.165) is 24.0 Å². The molecule has 6 atom stereocenters. The summed E-state index contributed by atoms with van der Waals surface area (Å²) < 4.78 is 24.5. The van der Waals surface area contributed by atoms with Gasteiger partial charge in [-0.3, -0.25) is 9.59 Å². The average molecular weight is 503 g/mol. The van der Waals surface area contributed by atoms with Crippen molar-refractivity contribution in [2.75, 3.05) is 6.61 Å². The van der Waals surface area contributed by atoms with Gasteiger partial charge in [0.2, 0.25) is 0 Å². The Morgan fingerprint density at radius 3 is 2.50 bits per heavy atom. The molecule has 1 fully saturated rings. The van der Waals surface area contributed by atoms with Crippen molar-refractivity contribution in [1.29, 1.82) is 0 Å². The first kappa shape index (κ1) is 28.4. The molecule has 1 aliphatic carbocycles. The van der Waals surface area contributed by atoms with Crippen LogP contribution >= 0.6 is 0 Å². The molecule has 0 bridgehead atoms. The first-order chi connectivity index (χ1) is 16.8. The van der Waals surface area contributed by atoms with Crippen LogP contribution in [-0.2, 0) is 28.5 Å². The van der Waals surface area contributed by atoms with Gasteiger partial charge in [0.1, 0.15) is 11.7 Å².